The molecule has 0 saturated carbocycles. The molecule has 3 nitrogen and oxygen atoms in total. The van der Waals surface area contributed by atoms with Gasteiger partial charge < -0.3 is 9.84 Å². The van der Waals surface area contributed by atoms with E-state index in [-0.39, 0.29) is 0 Å². The van der Waals surface area contributed by atoms with Gasteiger partial charge in [0.1, 0.15) is 5.75 Å². The van der Waals surface area contributed by atoms with Gasteiger partial charge in [0.05, 0.1) is 12.5 Å². The van der Waals surface area contributed by atoms with Crippen LogP contribution >= 0.6 is 0 Å². The molecule has 3 aromatic rings. The lowest BCUT2D eigenvalue weighted by Gasteiger charge is -2.13. The first kappa shape index (κ1) is 15.1. The van der Waals surface area contributed by atoms with E-state index in [9.17, 15) is 9.90 Å². The molecule has 0 aliphatic heterocycles. The Morgan fingerprint density at radius 3 is 2.35 bits per heavy atom. The van der Waals surface area contributed by atoms with Crippen LogP contribution in [0.25, 0.3) is 10.8 Å². The molecule has 116 valence electrons. The molecule has 0 aliphatic carbocycles. The summed E-state index contributed by atoms with van der Waals surface area (Å²) in [5.41, 5.74) is 0.808. The number of ether oxygens (including phenoxy) is 1. The monoisotopic (exact) mass is 306 g/mol. The molecule has 0 aromatic heterocycles. The van der Waals surface area contributed by atoms with Crippen molar-refractivity contribution in [2.24, 2.45) is 0 Å². The van der Waals surface area contributed by atoms with E-state index in [2.05, 4.69) is 6.07 Å². The Kier molecular flexibility index (Phi) is 4.57. The Balaban J connectivity index is 1.65. The van der Waals surface area contributed by atoms with Crippen molar-refractivity contribution in [3.8, 4) is 5.75 Å². The van der Waals surface area contributed by atoms with Crippen molar-refractivity contribution in [3.05, 3.63) is 78.4 Å². The predicted molar refractivity (Wildman–Crippen MR) is 90.9 cm³/mol. The minimum absolute atomic E-state index is 0.365. The number of hydrogen-bond donors (Lipinski definition) is 1. The molecule has 0 fully saturated rings. The minimum atomic E-state index is -0.821. The molecule has 0 saturated heterocycles. The second kappa shape index (κ2) is 6.97. The smallest absolute Gasteiger partial charge is 0.311 e. The summed E-state index contributed by atoms with van der Waals surface area (Å²) in [4.78, 5) is 11.5. The van der Waals surface area contributed by atoms with E-state index in [0.717, 1.165) is 22.1 Å². The van der Waals surface area contributed by atoms with Crippen molar-refractivity contribution < 1.29 is 14.6 Å². The average Bonchev–Trinajstić information content (AvgIpc) is 2.59. The van der Waals surface area contributed by atoms with Crippen molar-refractivity contribution in [3.63, 3.8) is 0 Å². The van der Waals surface area contributed by atoms with E-state index < -0.39 is 11.9 Å². The zero-order valence-electron chi connectivity index (χ0n) is 12.7. The number of rotatable bonds is 6. The van der Waals surface area contributed by atoms with Crippen LogP contribution in [0.2, 0.25) is 0 Å². The summed E-state index contributed by atoms with van der Waals surface area (Å²) < 4.78 is 5.75. The molecular weight excluding hydrogens is 288 g/mol. The van der Waals surface area contributed by atoms with Crippen molar-refractivity contribution in [2.75, 3.05) is 6.61 Å². The molecule has 0 spiro atoms. The van der Waals surface area contributed by atoms with Gasteiger partial charge in [-0.1, -0.05) is 60.7 Å². The van der Waals surface area contributed by atoms with E-state index in [1.165, 1.54) is 0 Å². The summed E-state index contributed by atoms with van der Waals surface area (Å²) in [6.07, 6.45) is 0.437. The molecule has 23 heavy (non-hydrogen) atoms. The molecule has 1 unspecified atom stereocenters. The number of hydrogen-bond acceptors (Lipinski definition) is 2. The number of fused-ring (bicyclic) bond motifs is 1. The predicted octanol–water partition coefficient (Wildman–Crippen LogP) is 4.48. The number of carbonyl (C=O) groups is 1. The van der Waals surface area contributed by atoms with Crippen molar-refractivity contribution in [1.82, 2.24) is 0 Å². The summed E-state index contributed by atoms with van der Waals surface area (Å²) >= 11 is 0. The first-order valence-electron chi connectivity index (χ1n) is 7.63. The first-order valence-corrected chi connectivity index (χ1v) is 7.63. The number of benzene rings is 3. The van der Waals surface area contributed by atoms with Crippen molar-refractivity contribution in [2.45, 2.75) is 12.3 Å². The topological polar surface area (TPSA) is 46.5 Å². The minimum Gasteiger partial charge on any atom is -0.494 e. The summed E-state index contributed by atoms with van der Waals surface area (Å²) in [6, 6.07) is 23.3. The summed E-state index contributed by atoms with van der Waals surface area (Å²) in [5, 5.41) is 11.7. The highest BCUT2D eigenvalue weighted by atomic mass is 16.5. The Labute approximate surface area is 135 Å². The highest BCUT2D eigenvalue weighted by Crippen LogP contribution is 2.23. The van der Waals surface area contributed by atoms with Gasteiger partial charge in [-0.2, -0.15) is 0 Å². The van der Waals surface area contributed by atoms with Crippen LogP contribution in [-0.2, 0) is 4.79 Å². The van der Waals surface area contributed by atoms with E-state index >= 15 is 0 Å². The van der Waals surface area contributed by atoms with Crippen LogP contribution in [0, 0.1) is 0 Å². The van der Waals surface area contributed by atoms with Gasteiger partial charge in [0.2, 0.25) is 0 Å². The Hall–Kier alpha value is -2.81. The van der Waals surface area contributed by atoms with Gasteiger partial charge >= 0.3 is 5.97 Å². The van der Waals surface area contributed by atoms with Crippen molar-refractivity contribution in [1.29, 1.82) is 0 Å². The maximum Gasteiger partial charge on any atom is 0.311 e. The van der Waals surface area contributed by atoms with E-state index in [4.69, 9.17) is 4.74 Å². The third kappa shape index (κ3) is 3.69. The second-order valence-electron chi connectivity index (χ2n) is 5.45. The van der Waals surface area contributed by atoms with Gasteiger partial charge in [0, 0.05) is 0 Å². The standard InChI is InChI=1S/C20H18O3/c21-20(22)19(16-7-2-1-3-8-16)12-13-23-18-11-10-15-6-4-5-9-17(15)14-18/h1-11,14,19H,12-13H2,(H,21,22). The third-order valence-electron chi connectivity index (χ3n) is 3.90. The Bertz CT molecular complexity index is 796. The van der Waals surface area contributed by atoms with Gasteiger partial charge in [-0.05, 0) is 34.9 Å². The highest BCUT2D eigenvalue weighted by molar-refractivity contribution is 5.83. The Morgan fingerprint density at radius 2 is 1.61 bits per heavy atom. The van der Waals surface area contributed by atoms with Crippen LogP contribution < -0.4 is 4.74 Å². The van der Waals surface area contributed by atoms with Gasteiger partial charge in [-0.25, -0.2) is 0 Å². The van der Waals surface area contributed by atoms with E-state index in [1.807, 2.05) is 66.7 Å². The zero-order valence-corrected chi connectivity index (χ0v) is 12.7. The number of carboxylic acids is 1. The fraction of sp³-hybridized carbons (Fsp3) is 0.150. The fourth-order valence-corrected chi connectivity index (χ4v) is 2.67. The number of carboxylic acid groups (broad SMARTS) is 1. The molecule has 1 N–H and O–H groups in total. The van der Waals surface area contributed by atoms with Gasteiger partial charge in [0.15, 0.2) is 0 Å². The molecule has 0 heterocycles. The second-order valence-corrected chi connectivity index (χ2v) is 5.45. The first-order chi connectivity index (χ1) is 11.2. The maximum atomic E-state index is 11.5. The Morgan fingerprint density at radius 1 is 0.913 bits per heavy atom. The normalized spacial score (nSPS) is 12.0. The number of aliphatic carboxylic acids is 1. The molecule has 0 radical (unpaired) electrons. The molecular formula is C20H18O3. The molecule has 3 heteroatoms. The summed E-state index contributed by atoms with van der Waals surface area (Å²) in [7, 11) is 0. The molecule has 1 atom stereocenters. The average molecular weight is 306 g/mol. The zero-order chi connectivity index (χ0) is 16.1. The van der Waals surface area contributed by atoms with E-state index in [0.29, 0.717) is 13.0 Å². The van der Waals surface area contributed by atoms with Crippen molar-refractivity contribution >= 4 is 16.7 Å². The SMILES string of the molecule is O=C(O)C(CCOc1ccc2ccccc2c1)c1ccccc1. The lowest BCUT2D eigenvalue weighted by atomic mass is 9.96. The van der Waals surface area contributed by atoms with Gasteiger partial charge in [-0.3, -0.25) is 4.79 Å². The van der Waals surface area contributed by atoms with Crippen LogP contribution in [-0.4, -0.2) is 17.7 Å². The highest BCUT2D eigenvalue weighted by Gasteiger charge is 2.19. The van der Waals surface area contributed by atoms with Crippen LogP contribution in [0.5, 0.6) is 5.75 Å². The van der Waals surface area contributed by atoms with Gasteiger partial charge in [0.25, 0.3) is 0 Å². The maximum absolute atomic E-state index is 11.5. The van der Waals surface area contributed by atoms with Crippen LogP contribution in [0.15, 0.2) is 72.8 Å². The molecule has 3 aromatic carbocycles. The van der Waals surface area contributed by atoms with Gasteiger partial charge in [-0.15, -0.1) is 0 Å². The fourth-order valence-electron chi connectivity index (χ4n) is 2.67. The molecule has 3 rings (SSSR count). The molecule has 0 bridgehead atoms. The lowest BCUT2D eigenvalue weighted by molar-refractivity contribution is -0.139. The van der Waals surface area contributed by atoms with Crippen LogP contribution in [0.1, 0.15) is 17.9 Å². The largest absolute Gasteiger partial charge is 0.494 e. The van der Waals surface area contributed by atoms with E-state index in [1.54, 1.807) is 0 Å². The third-order valence-corrected chi connectivity index (χ3v) is 3.90. The lowest BCUT2D eigenvalue weighted by Crippen LogP contribution is -2.15. The van der Waals surface area contributed by atoms with Crippen LogP contribution in [0.4, 0.5) is 0 Å². The summed E-state index contributed by atoms with van der Waals surface area (Å²) in [6.45, 7) is 0.365. The molecule has 0 aliphatic rings. The quantitative estimate of drug-likeness (QED) is 0.730. The summed E-state index contributed by atoms with van der Waals surface area (Å²) in [5.74, 6) is -0.601. The van der Waals surface area contributed by atoms with Crippen LogP contribution in [0.3, 0.4) is 0 Å². The molecule has 0 amide bonds.